The molecule has 1 fully saturated rings. The van der Waals surface area contributed by atoms with E-state index in [1.807, 2.05) is 24.3 Å². The van der Waals surface area contributed by atoms with Crippen molar-refractivity contribution in [3.05, 3.63) is 56.7 Å². The van der Waals surface area contributed by atoms with E-state index in [1.165, 1.54) is 0 Å². The second-order valence-electron chi connectivity index (χ2n) is 6.16. The molecule has 132 valence electrons. The minimum atomic E-state index is -0.567. The lowest BCUT2D eigenvalue weighted by molar-refractivity contribution is -0.123. The van der Waals surface area contributed by atoms with Crippen LogP contribution in [0.4, 0.5) is 4.39 Å². The second kappa shape index (κ2) is 7.56. The number of piperidine rings is 1. The standard InChI is InChI=1S/C19H18Br2FNO2/c1-12(24)19(8-10-23-11-9-19)13-4-2-3-5-15(13)25-16-7-6-14(20)18(22)17(16)21/h2-7,23H,8-11H2,1H3. The molecule has 1 N–H and O–H groups in total. The van der Waals surface area contributed by atoms with Gasteiger partial charge >= 0.3 is 0 Å². The lowest BCUT2D eigenvalue weighted by Gasteiger charge is -2.36. The molecular formula is C19H18Br2FNO2. The average molecular weight is 471 g/mol. The van der Waals surface area contributed by atoms with Gasteiger partial charge in [0.15, 0.2) is 5.82 Å². The van der Waals surface area contributed by atoms with Crippen LogP contribution in [-0.4, -0.2) is 18.9 Å². The third kappa shape index (κ3) is 3.52. The van der Waals surface area contributed by atoms with Gasteiger partial charge in [-0.2, -0.15) is 0 Å². The van der Waals surface area contributed by atoms with Crippen molar-refractivity contribution in [3.8, 4) is 11.5 Å². The summed E-state index contributed by atoms with van der Waals surface area (Å²) in [6.07, 6.45) is 1.44. The predicted octanol–water partition coefficient (Wildman–Crippen LogP) is 5.35. The van der Waals surface area contributed by atoms with E-state index in [1.54, 1.807) is 19.1 Å². The molecule has 0 amide bonds. The molecule has 1 aliphatic heterocycles. The van der Waals surface area contributed by atoms with E-state index < -0.39 is 11.2 Å². The number of benzene rings is 2. The fourth-order valence-corrected chi connectivity index (χ4v) is 4.34. The first-order valence-corrected chi connectivity index (χ1v) is 9.67. The quantitative estimate of drug-likeness (QED) is 0.612. The molecule has 0 unspecified atom stereocenters. The Morgan fingerprint density at radius 2 is 1.80 bits per heavy atom. The molecule has 3 nitrogen and oxygen atoms in total. The van der Waals surface area contributed by atoms with Gasteiger partial charge in [0.1, 0.15) is 17.3 Å². The summed E-state index contributed by atoms with van der Waals surface area (Å²) in [7, 11) is 0. The first-order chi connectivity index (χ1) is 12.0. The zero-order valence-corrected chi connectivity index (χ0v) is 16.9. The van der Waals surface area contributed by atoms with Gasteiger partial charge in [-0.15, -0.1) is 0 Å². The summed E-state index contributed by atoms with van der Waals surface area (Å²) < 4.78 is 20.7. The van der Waals surface area contributed by atoms with Crippen molar-refractivity contribution in [1.29, 1.82) is 0 Å². The van der Waals surface area contributed by atoms with Crippen LogP contribution in [0, 0.1) is 5.82 Å². The highest BCUT2D eigenvalue weighted by atomic mass is 79.9. The largest absolute Gasteiger partial charge is 0.456 e. The SMILES string of the molecule is CC(=O)C1(c2ccccc2Oc2ccc(Br)c(F)c2Br)CCNCC1. The Hall–Kier alpha value is -1.24. The van der Waals surface area contributed by atoms with Crippen LogP contribution in [0.25, 0.3) is 0 Å². The normalized spacial score (nSPS) is 16.5. The number of carbonyl (C=O) groups is 1. The Morgan fingerprint density at radius 1 is 1.12 bits per heavy atom. The molecule has 0 atom stereocenters. The van der Waals surface area contributed by atoms with Gasteiger partial charge in [0.2, 0.25) is 0 Å². The van der Waals surface area contributed by atoms with Gasteiger partial charge in [-0.25, -0.2) is 4.39 Å². The van der Waals surface area contributed by atoms with E-state index in [0.717, 1.165) is 31.5 Å². The Labute approximate surface area is 163 Å². The van der Waals surface area contributed by atoms with Crippen molar-refractivity contribution < 1.29 is 13.9 Å². The summed E-state index contributed by atoms with van der Waals surface area (Å²) in [5.41, 5.74) is 0.293. The Kier molecular flexibility index (Phi) is 5.61. The zero-order chi connectivity index (χ0) is 18.0. The highest BCUT2D eigenvalue weighted by Gasteiger charge is 2.40. The molecule has 0 spiro atoms. The van der Waals surface area contributed by atoms with Crippen molar-refractivity contribution >= 4 is 37.6 Å². The van der Waals surface area contributed by atoms with Crippen LogP contribution in [0.3, 0.4) is 0 Å². The highest BCUT2D eigenvalue weighted by molar-refractivity contribution is 9.11. The maximum absolute atomic E-state index is 14.1. The van der Waals surface area contributed by atoms with Crippen LogP contribution in [0.5, 0.6) is 11.5 Å². The molecule has 2 aromatic carbocycles. The molecule has 0 bridgehead atoms. The number of halogens is 3. The highest BCUT2D eigenvalue weighted by Crippen LogP contribution is 2.43. The van der Waals surface area contributed by atoms with Crippen molar-refractivity contribution in [2.75, 3.05) is 13.1 Å². The Morgan fingerprint density at radius 3 is 2.48 bits per heavy atom. The van der Waals surface area contributed by atoms with E-state index in [-0.39, 0.29) is 10.3 Å². The van der Waals surface area contributed by atoms with Gasteiger partial charge in [-0.3, -0.25) is 4.79 Å². The zero-order valence-electron chi connectivity index (χ0n) is 13.7. The van der Waals surface area contributed by atoms with Crippen molar-refractivity contribution in [1.82, 2.24) is 5.32 Å². The van der Waals surface area contributed by atoms with Crippen LogP contribution in [0.2, 0.25) is 0 Å². The number of Topliss-reactive ketones (excluding diaryl/α,β-unsaturated/α-hetero) is 1. The third-order valence-corrected chi connectivity index (χ3v) is 6.10. The number of ketones is 1. The number of rotatable bonds is 4. The monoisotopic (exact) mass is 469 g/mol. The molecular weight excluding hydrogens is 453 g/mol. The molecule has 0 aliphatic carbocycles. The number of hydrogen-bond acceptors (Lipinski definition) is 3. The van der Waals surface area contributed by atoms with Gasteiger partial charge in [0, 0.05) is 5.56 Å². The third-order valence-electron chi connectivity index (χ3n) is 4.75. The molecule has 0 radical (unpaired) electrons. The number of nitrogens with one attached hydrogen (secondary N) is 1. The maximum Gasteiger partial charge on any atom is 0.155 e. The molecule has 1 aliphatic rings. The number of para-hydroxylation sites is 1. The summed E-state index contributed by atoms with van der Waals surface area (Å²) in [4.78, 5) is 12.5. The van der Waals surface area contributed by atoms with E-state index >= 15 is 0 Å². The van der Waals surface area contributed by atoms with Crippen LogP contribution in [0.1, 0.15) is 25.3 Å². The number of carbonyl (C=O) groups excluding carboxylic acids is 1. The fourth-order valence-electron chi connectivity index (χ4n) is 3.32. The second-order valence-corrected chi connectivity index (χ2v) is 7.81. The van der Waals surface area contributed by atoms with Crippen molar-refractivity contribution in [2.24, 2.45) is 0 Å². The van der Waals surface area contributed by atoms with E-state index in [0.29, 0.717) is 16.0 Å². The molecule has 3 rings (SSSR count). The predicted molar refractivity (Wildman–Crippen MR) is 103 cm³/mol. The minimum Gasteiger partial charge on any atom is -0.456 e. The Bertz CT molecular complexity index is 804. The van der Waals surface area contributed by atoms with Crippen molar-refractivity contribution in [2.45, 2.75) is 25.2 Å². The van der Waals surface area contributed by atoms with Gasteiger partial charge in [0.25, 0.3) is 0 Å². The van der Waals surface area contributed by atoms with Gasteiger partial charge in [-0.1, -0.05) is 18.2 Å². The molecule has 0 aromatic heterocycles. The minimum absolute atomic E-state index is 0.131. The van der Waals surface area contributed by atoms with Gasteiger partial charge in [0.05, 0.1) is 14.4 Å². The Balaban J connectivity index is 2.05. The lowest BCUT2D eigenvalue weighted by Crippen LogP contribution is -2.44. The molecule has 2 aromatic rings. The number of ether oxygens (including phenoxy) is 1. The first-order valence-electron chi connectivity index (χ1n) is 8.08. The smallest absolute Gasteiger partial charge is 0.155 e. The van der Waals surface area contributed by atoms with Gasteiger partial charge in [-0.05, 0) is 82.9 Å². The summed E-state index contributed by atoms with van der Waals surface area (Å²) in [6.45, 7) is 3.20. The van der Waals surface area contributed by atoms with E-state index in [4.69, 9.17) is 4.74 Å². The summed E-state index contributed by atoms with van der Waals surface area (Å²) >= 11 is 6.40. The molecule has 0 saturated carbocycles. The summed E-state index contributed by atoms with van der Waals surface area (Å²) in [5, 5.41) is 3.30. The lowest BCUT2D eigenvalue weighted by atomic mass is 9.70. The van der Waals surface area contributed by atoms with E-state index in [2.05, 4.69) is 37.2 Å². The molecule has 25 heavy (non-hydrogen) atoms. The molecule has 6 heteroatoms. The maximum atomic E-state index is 14.1. The molecule has 1 saturated heterocycles. The van der Waals surface area contributed by atoms with Crippen LogP contribution in [0.15, 0.2) is 45.3 Å². The first kappa shape index (κ1) is 18.5. The van der Waals surface area contributed by atoms with Crippen molar-refractivity contribution in [3.63, 3.8) is 0 Å². The summed E-state index contributed by atoms with van der Waals surface area (Å²) in [6, 6.07) is 10.8. The molecule has 1 heterocycles. The number of hydrogen-bond donors (Lipinski definition) is 1. The van der Waals surface area contributed by atoms with Crippen LogP contribution < -0.4 is 10.1 Å². The van der Waals surface area contributed by atoms with Crippen LogP contribution in [-0.2, 0) is 10.2 Å². The summed E-state index contributed by atoms with van der Waals surface area (Å²) in [5.74, 6) is 0.673. The van der Waals surface area contributed by atoms with E-state index in [9.17, 15) is 9.18 Å². The van der Waals surface area contributed by atoms with Gasteiger partial charge < -0.3 is 10.1 Å². The fraction of sp³-hybridized carbons (Fsp3) is 0.316. The topological polar surface area (TPSA) is 38.3 Å². The average Bonchev–Trinajstić information content (AvgIpc) is 2.63. The van der Waals surface area contributed by atoms with Crippen LogP contribution >= 0.6 is 31.9 Å².